The van der Waals surface area contributed by atoms with Crippen LogP contribution in [0.1, 0.15) is 52.9 Å². The minimum atomic E-state index is -0.469. The van der Waals surface area contributed by atoms with Crippen molar-refractivity contribution in [3.8, 4) is 28.1 Å². The number of aromatic nitrogens is 2. The van der Waals surface area contributed by atoms with Gasteiger partial charge in [-0.2, -0.15) is 0 Å². The van der Waals surface area contributed by atoms with Crippen LogP contribution in [0.15, 0.2) is 60.9 Å². The first kappa shape index (κ1) is 34.9. The number of rotatable bonds is 13. The van der Waals surface area contributed by atoms with E-state index in [1.165, 1.54) is 13.2 Å². The molecule has 0 unspecified atom stereocenters. The van der Waals surface area contributed by atoms with Gasteiger partial charge < -0.3 is 31.3 Å². The van der Waals surface area contributed by atoms with Crippen molar-refractivity contribution in [2.75, 3.05) is 25.5 Å². The number of hydrogen-bond donors (Lipinski definition) is 5. The minimum absolute atomic E-state index is 0.0212. The molecule has 4 heterocycles. The average Bonchev–Trinajstić information content (AvgIpc) is 3.73. The number of nitrogens with one attached hydrogen (secondary N) is 5. The Labute approximate surface area is 294 Å². The summed E-state index contributed by atoms with van der Waals surface area (Å²) in [7, 11) is 1.48. The molecule has 0 saturated carbocycles. The molecule has 4 aromatic rings. The van der Waals surface area contributed by atoms with E-state index in [2.05, 4.69) is 36.6 Å². The zero-order chi connectivity index (χ0) is 35.2. The first-order valence-corrected chi connectivity index (χ1v) is 17.0. The van der Waals surface area contributed by atoms with Gasteiger partial charge in [0.2, 0.25) is 11.8 Å². The Hall–Kier alpha value is -4.91. The maximum Gasteiger partial charge on any atom is 0.274 e. The maximum absolute atomic E-state index is 15.5. The molecule has 0 spiro atoms. The summed E-state index contributed by atoms with van der Waals surface area (Å²) in [5.74, 6) is -0.362. The molecule has 2 saturated heterocycles. The molecule has 50 heavy (non-hydrogen) atoms. The predicted molar refractivity (Wildman–Crippen MR) is 189 cm³/mol. The number of carbonyl (C=O) groups is 3. The molecule has 3 amide bonds. The Bertz CT molecular complexity index is 1910. The molecule has 2 aliphatic rings. The number of hydrogen-bond acceptors (Lipinski definition) is 8. The molecule has 6 rings (SSSR count). The van der Waals surface area contributed by atoms with Crippen LogP contribution in [-0.4, -0.2) is 60.0 Å². The van der Waals surface area contributed by atoms with E-state index in [1.807, 2.05) is 25.1 Å². The van der Waals surface area contributed by atoms with E-state index in [4.69, 9.17) is 16.3 Å². The number of pyridine rings is 2. The highest BCUT2D eigenvalue weighted by molar-refractivity contribution is 6.35. The Balaban J connectivity index is 1.14. The lowest BCUT2D eigenvalue weighted by atomic mass is 9.97. The second-order valence-corrected chi connectivity index (χ2v) is 12.9. The van der Waals surface area contributed by atoms with Crippen molar-refractivity contribution in [2.45, 2.75) is 57.8 Å². The van der Waals surface area contributed by atoms with Crippen LogP contribution in [0.4, 0.5) is 10.1 Å². The number of nitrogens with zero attached hydrogens (tertiary/aromatic N) is 2. The van der Waals surface area contributed by atoms with Crippen molar-refractivity contribution in [3.63, 3.8) is 0 Å². The van der Waals surface area contributed by atoms with Gasteiger partial charge in [-0.05, 0) is 66.8 Å². The highest BCUT2D eigenvalue weighted by Gasteiger charge is 2.23. The van der Waals surface area contributed by atoms with Crippen molar-refractivity contribution >= 4 is 35.0 Å². The summed E-state index contributed by atoms with van der Waals surface area (Å²) >= 11 is 6.96. The number of ether oxygens (including phenoxy) is 1. The fourth-order valence-electron chi connectivity index (χ4n) is 6.29. The van der Waals surface area contributed by atoms with Crippen molar-refractivity contribution in [2.24, 2.45) is 0 Å². The monoisotopic (exact) mass is 699 g/mol. The first-order valence-electron chi connectivity index (χ1n) is 16.6. The molecule has 2 fully saturated rings. The number of amides is 3. The van der Waals surface area contributed by atoms with Gasteiger partial charge in [0.05, 0.1) is 17.8 Å². The van der Waals surface area contributed by atoms with Crippen LogP contribution in [0.25, 0.3) is 22.4 Å². The molecule has 0 aliphatic carbocycles. The lowest BCUT2D eigenvalue weighted by Crippen LogP contribution is -2.35. The molecule has 11 nitrogen and oxygen atoms in total. The molecule has 2 aromatic heterocycles. The van der Waals surface area contributed by atoms with Crippen molar-refractivity contribution in [1.82, 2.24) is 31.2 Å². The largest absolute Gasteiger partial charge is 0.496 e. The van der Waals surface area contributed by atoms with Gasteiger partial charge >= 0.3 is 0 Å². The Morgan fingerprint density at radius 3 is 2.32 bits per heavy atom. The van der Waals surface area contributed by atoms with Crippen molar-refractivity contribution < 1.29 is 23.5 Å². The Morgan fingerprint density at radius 1 is 0.960 bits per heavy atom. The minimum Gasteiger partial charge on any atom is -0.496 e. The Kier molecular flexibility index (Phi) is 11.0. The van der Waals surface area contributed by atoms with Crippen LogP contribution in [-0.2, 0) is 22.7 Å². The lowest BCUT2D eigenvalue weighted by Gasteiger charge is -2.17. The standard InChI is InChI=1S/C37H39ClFN7O4/c1-21-26(4-3-5-30(21)46-37(49)31-9-6-22(17-43-31)16-40-18-24-7-10-33(47)44-24)27-12-13-42-36(35(27)38)23-14-29(39)28(32(15-23)50-2)20-41-19-25-8-11-34(48)45-25/h3-6,9,12-15,17,24-25,40-41H,7-8,10-11,16,18-20H2,1-2H3,(H,44,47)(H,45,48)(H,46,49)/t24-,25-/m0/s1. The smallest absolute Gasteiger partial charge is 0.274 e. The van der Waals surface area contributed by atoms with Crippen LogP contribution < -0.4 is 31.3 Å². The topological polar surface area (TPSA) is 146 Å². The van der Waals surface area contributed by atoms with Gasteiger partial charge in [-0.25, -0.2) is 4.39 Å². The summed E-state index contributed by atoms with van der Waals surface area (Å²) in [6.07, 6.45) is 5.90. The van der Waals surface area contributed by atoms with Crippen LogP contribution in [0.5, 0.6) is 5.75 Å². The summed E-state index contributed by atoms with van der Waals surface area (Å²) < 4.78 is 21.1. The zero-order valence-corrected chi connectivity index (χ0v) is 28.6. The van der Waals surface area contributed by atoms with Gasteiger partial charge in [-0.3, -0.25) is 24.4 Å². The first-order chi connectivity index (χ1) is 24.2. The van der Waals surface area contributed by atoms with Crippen LogP contribution in [0.3, 0.4) is 0 Å². The molecule has 0 bridgehead atoms. The highest BCUT2D eigenvalue weighted by atomic mass is 35.5. The number of halogens is 2. The summed E-state index contributed by atoms with van der Waals surface area (Å²) in [6, 6.07) is 14.1. The molecular weight excluding hydrogens is 661 g/mol. The molecule has 13 heteroatoms. The van der Waals surface area contributed by atoms with Gasteiger partial charge in [-0.15, -0.1) is 0 Å². The zero-order valence-electron chi connectivity index (χ0n) is 27.9. The van der Waals surface area contributed by atoms with Crippen LogP contribution in [0.2, 0.25) is 5.02 Å². The second kappa shape index (κ2) is 15.8. The third-order valence-corrected chi connectivity index (χ3v) is 9.43. The second-order valence-electron chi connectivity index (χ2n) is 12.5. The summed E-state index contributed by atoms with van der Waals surface area (Å²) in [5.41, 5.74) is 5.21. The van der Waals surface area contributed by atoms with Gasteiger partial charge in [-0.1, -0.05) is 29.8 Å². The number of carbonyl (C=O) groups excluding carboxylic acids is 3. The number of methoxy groups -OCH3 is 1. The van der Waals surface area contributed by atoms with E-state index in [0.717, 1.165) is 29.5 Å². The number of benzene rings is 2. The summed E-state index contributed by atoms with van der Waals surface area (Å²) in [4.78, 5) is 44.9. The fourth-order valence-corrected chi connectivity index (χ4v) is 6.61. The third kappa shape index (κ3) is 8.10. The molecule has 2 atom stereocenters. The van der Waals surface area contributed by atoms with E-state index in [9.17, 15) is 14.4 Å². The van der Waals surface area contributed by atoms with Gasteiger partial charge in [0, 0.05) is 85.9 Å². The quantitative estimate of drug-likeness (QED) is 0.132. The highest BCUT2D eigenvalue weighted by Crippen LogP contribution is 2.39. The van der Waals surface area contributed by atoms with Crippen molar-refractivity contribution in [1.29, 1.82) is 0 Å². The molecule has 2 aromatic carbocycles. The van der Waals surface area contributed by atoms with Crippen LogP contribution in [0, 0.1) is 12.7 Å². The van der Waals surface area contributed by atoms with Gasteiger partial charge in [0.25, 0.3) is 5.91 Å². The maximum atomic E-state index is 15.5. The third-order valence-electron chi connectivity index (χ3n) is 9.05. The normalized spacial score (nSPS) is 17.0. The van der Waals surface area contributed by atoms with Gasteiger partial charge in [0.1, 0.15) is 17.3 Å². The summed E-state index contributed by atoms with van der Waals surface area (Å²) in [6.45, 7) is 3.87. The predicted octanol–water partition coefficient (Wildman–Crippen LogP) is 4.91. The molecule has 0 radical (unpaired) electrons. The number of anilines is 1. The lowest BCUT2D eigenvalue weighted by molar-refractivity contribution is -0.120. The van der Waals surface area contributed by atoms with E-state index in [-0.39, 0.29) is 42.0 Å². The Morgan fingerprint density at radius 2 is 1.68 bits per heavy atom. The molecular formula is C37H39ClFN7O4. The molecule has 5 N–H and O–H groups in total. The SMILES string of the molecule is COc1cc(-c2nccc(-c3cccc(NC(=O)c4ccc(CNC[C@@H]5CCC(=O)N5)cn4)c3C)c2Cl)cc(F)c1CNC[C@@H]1CCC(=O)N1. The van der Waals surface area contributed by atoms with Gasteiger partial charge in [0.15, 0.2) is 0 Å². The average molecular weight is 700 g/mol. The van der Waals surface area contributed by atoms with E-state index in [1.54, 1.807) is 36.7 Å². The molecule has 260 valence electrons. The van der Waals surface area contributed by atoms with Crippen molar-refractivity contribution in [3.05, 3.63) is 94.1 Å². The fraction of sp³-hybridized carbons (Fsp3) is 0.324. The van der Waals surface area contributed by atoms with E-state index in [0.29, 0.717) is 71.3 Å². The molecule has 2 aliphatic heterocycles. The summed E-state index contributed by atoms with van der Waals surface area (Å²) in [5, 5.41) is 15.6. The van der Waals surface area contributed by atoms with E-state index >= 15 is 4.39 Å². The van der Waals surface area contributed by atoms with E-state index < -0.39 is 5.82 Å². The van der Waals surface area contributed by atoms with Crippen LogP contribution >= 0.6 is 11.6 Å².